The molecule has 0 aromatic rings. The standard InChI is InChI=1S/C15H29N3S.HI/c1-4-6-11-9-14(11)18-15(16-2)17-12-7-5-8-13(10-12)19-3;/h11-14H,4-10H2,1-3H3,(H2,16,17,18);1H. The molecule has 0 saturated heterocycles. The lowest BCUT2D eigenvalue weighted by Crippen LogP contribution is -2.46. The predicted octanol–water partition coefficient (Wildman–Crippen LogP) is 3.63. The van der Waals surface area contributed by atoms with Crippen LogP contribution in [-0.4, -0.2) is 36.6 Å². The van der Waals surface area contributed by atoms with Crippen molar-refractivity contribution in [3.63, 3.8) is 0 Å². The Morgan fingerprint density at radius 1 is 1.25 bits per heavy atom. The third-order valence-electron chi connectivity index (χ3n) is 4.43. The third kappa shape index (κ3) is 5.62. The summed E-state index contributed by atoms with van der Waals surface area (Å²) in [5.74, 6) is 1.91. The van der Waals surface area contributed by atoms with Gasteiger partial charge in [-0.1, -0.05) is 19.8 Å². The SMILES string of the molecule is CCCC1CC1NC(=NC)NC1CCCC(SC)C1.I. The summed E-state index contributed by atoms with van der Waals surface area (Å²) in [6.07, 6.45) is 11.5. The average molecular weight is 411 g/mol. The maximum Gasteiger partial charge on any atom is 0.191 e. The molecular weight excluding hydrogens is 381 g/mol. The van der Waals surface area contributed by atoms with Crippen molar-refractivity contribution in [1.29, 1.82) is 0 Å². The Morgan fingerprint density at radius 3 is 2.70 bits per heavy atom. The van der Waals surface area contributed by atoms with Crippen LogP contribution in [0, 0.1) is 5.92 Å². The van der Waals surface area contributed by atoms with Gasteiger partial charge in [0.1, 0.15) is 0 Å². The summed E-state index contributed by atoms with van der Waals surface area (Å²) in [7, 11) is 1.89. The van der Waals surface area contributed by atoms with Crippen molar-refractivity contribution in [2.45, 2.75) is 69.2 Å². The maximum absolute atomic E-state index is 4.40. The molecule has 0 amide bonds. The van der Waals surface area contributed by atoms with Gasteiger partial charge in [0.2, 0.25) is 0 Å². The fraction of sp³-hybridized carbons (Fsp3) is 0.933. The summed E-state index contributed by atoms with van der Waals surface area (Å²) in [6, 6.07) is 1.28. The number of halogens is 1. The Balaban J connectivity index is 0.00000200. The average Bonchev–Trinajstić information content (AvgIpc) is 3.16. The zero-order chi connectivity index (χ0) is 13.7. The zero-order valence-corrected chi connectivity index (χ0v) is 16.2. The molecule has 0 aromatic carbocycles. The highest BCUT2D eigenvalue weighted by Crippen LogP contribution is 2.34. The lowest BCUT2D eigenvalue weighted by atomic mass is 9.95. The summed E-state index contributed by atoms with van der Waals surface area (Å²) in [5, 5.41) is 8.05. The number of rotatable bonds is 5. The molecule has 0 heterocycles. The van der Waals surface area contributed by atoms with Crippen molar-refractivity contribution >= 4 is 41.7 Å². The predicted molar refractivity (Wildman–Crippen MR) is 101 cm³/mol. The minimum absolute atomic E-state index is 0. The molecule has 0 bridgehead atoms. The lowest BCUT2D eigenvalue weighted by Gasteiger charge is -2.30. The molecule has 2 aliphatic carbocycles. The van der Waals surface area contributed by atoms with Crippen LogP contribution in [0.15, 0.2) is 4.99 Å². The van der Waals surface area contributed by atoms with Gasteiger partial charge >= 0.3 is 0 Å². The highest BCUT2D eigenvalue weighted by atomic mass is 127. The van der Waals surface area contributed by atoms with E-state index in [0.717, 1.165) is 17.1 Å². The van der Waals surface area contributed by atoms with Crippen molar-refractivity contribution < 1.29 is 0 Å². The first-order valence-electron chi connectivity index (χ1n) is 7.79. The second-order valence-corrected chi connectivity index (χ2v) is 7.11. The molecule has 2 rings (SSSR count). The van der Waals surface area contributed by atoms with Crippen LogP contribution in [0.25, 0.3) is 0 Å². The van der Waals surface area contributed by atoms with E-state index >= 15 is 0 Å². The summed E-state index contributed by atoms with van der Waals surface area (Å²) in [5.41, 5.74) is 0. The summed E-state index contributed by atoms with van der Waals surface area (Å²) < 4.78 is 0. The van der Waals surface area contributed by atoms with Crippen molar-refractivity contribution in [2.75, 3.05) is 13.3 Å². The number of guanidine groups is 1. The number of aliphatic imine (C=N–C) groups is 1. The quantitative estimate of drug-likeness (QED) is 0.412. The van der Waals surface area contributed by atoms with Crippen molar-refractivity contribution in [3.8, 4) is 0 Å². The van der Waals surface area contributed by atoms with Crippen molar-refractivity contribution in [1.82, 2.24) is 10.6 Å². The first kappa shape index (κ1) is 18.4. The van der Waals surface area contributed by atoms with Crippen molar-refractivity contribution in [2.24, 2.45) is 10.9 Å². The smallest absolute Gasteiger partial charge is 0.191 e. The Hall–Kier alpha value is 0.350. The van der Waals surface area contributed by atoms with Gasteiger partial charge in [-0.2, -0.15) is 11.8 Å². The fourth-order valence-electron chi connectivity index (χ4n) is 3.14. The molecule has 0 aliphatic heterocycles. The van der Waals surface area contributed by atoms with E-state index in [9.17, 15) is 0 Å². The zero-order valence-electron chi connectivity index (χ0n) is 13.0. The third-order valence-corrected chi connectivity index (χ3v) is 5.52. The van der Waals surface area contributed by atoms with Gasteiger partial charge in [-0.15, -0.1) is 24.0 Å². The van der Waals surface area contributed by atoms with Crippen LogP contribution in [-0.2, 0) is 0 Å². The van der Waals surface area contributed by atoms with Gasteiger partial charge in [-0.3, -0.25) is 4.99 Å². The van der Waals surface area contributed by atoms with E-state index in [1.807, 2.05) is 18.8 Å². The number of thioether (sulfide) groups is 1. The van der Waals surface area contributed by atoms with Gasteiger partial charge in [0.05, 0.1) is 0 Å². The second kappa shape index (κ2) is 9.38. The lowest BCUT2D eigenvalue weighted by molar-refractivity contribution is 0.418. The Bertz CT molecular complexity index is 311. The molecule has 4 atom stereocenters. The van der Waals surface area contributed by atoms with Crippen LogP contribution in [0.2, 0.25) is 0 Å². The number of hydrogen-bond acceptors (Lipinski definition) is 2. The van der Waals surface area contributed by atoms with Crippen LogP contribution < -0.4 is 10.6 Å². The van der Waals surface area contributed by atoms with Crippen LogP contribution in [0.3, 0.4) is 0 Å². The molecule has 0 spiro atoms. The monoisotopic (exact) mass is 411 g/mol. The maximum atomic E-state index is 4.40. The molecule has 2 saturated carbocycles. The van der Waals surface area contributed by atoms with Gasteiger partial charge in [0, 0.05) is 24.4 Å². The molecule has 118 valence electrons. The van der Waals surface area contributed by atoms with E-state index < -0.39 is 0 Å². The number of nitrogens with one attached hydrogen (secondary N) is 2. The van der Waals surface area contributed by atoms with Gasteiger partial charge in [0.15, 0.2) is 5.96 Å². The Kier molecular flexibility index (Phi) is 8.63. The summed E-state index contributed by atoms with van der Waals surface area (Å²) in [6.45, 7) is 2.27. The van der Waals surface area contributed by atoms with E-state index in [-0.39, 0.29) is 24.0 Å². The first-order valence-corrected chi connectivity index (χ1v) is 9.08. The highest BCUT2D eigenvalue weighted by molar-refractivity contribution is 14.0. The largest absolute Gasteiger partial charge is 0.354 e. The normalized spacial score (nSPS) is 33.2. The molecule has 2 N–H and O–H groups in total. The van der Waals surface area contributed by atoms with E-state index in [2.05, 4.69) is 28.8 Å². The molecule has 2 aliphatic rings. The first-order chi connectivity index (χ1) is 9.26. The fourth-order valence-corrected chi connectivity index (χ4v) is 3.97. The molecule has 0 radical (unpaired) electrons. The molecule has 2 fully saturated rings. The van der Waals surface area contributed by atoms with Gasteiger partial charge in [-0.25, -0.2) is 0 Å². The second-order valence-electron chi connectivity index (χ2n) is 5.97. The number of nitrogens with zero attached hydrogens (tertiary/aromatic N) is 1. The van der Waals surface area contributed by atoms with E-state index in [1.165, 1.54) is 44.9 Å². The topological polar surface area (TPSA) is 36.4 Å². The Morgan fingerprint density at radius 2 is 2.05 bits per heavy atom. The molecule has 4 unspecified atom stereocenters. The Labute approximate surface area is 145 Å². The van der Waals surface area contributed by atoms with E-state index in [0.29, 0.717) is 12.1 Å². The molecular formula is C15H30IN3S. The van der Waals surface area contributed by atoms with Crippen LogP contribution >= 0.6 is 35.7 Å². The minimum Gasteiger partial charge on any atom is -0.354 e. The van der Waals surface area contributed by atoms with Gasteiger partial charge in [-0.05, 0) is 44.3 Å². The molecule has 20 heavy (non-hydrogen) atoms. The molecule has 0 aromatic heterocycles. The van der Waals surface area contributed by atoms with Gasteiger partial charge in [0.25, 0.3) is 0 Å². The minimum atomic E-state index is 0. The highest BCUT2D eigenvalue weighted by Gasteiger charge is 2.36. The van der Waals surface area contributed by atoms with Crippen LogP contribution in [0.1, 0.15) is 51.9 Å². The van der Waals surface area contributed by atoms with E-state index in [1.54, 1.807) is 0 Å². The van der Waals surface area contributed by atoms with E-state index in [4.69, 9.17) is 0 Å². The van der Waals surface area contributed by atoms with Crippen LogP contribution in [0.5, 0.6) is 0 Å². The summed E-state index contributed by atoms with van der Waals surface area (Å²) in [4.78, 5) is 4.40. The molecule has 5 heteroatoms. The molecule has 3 nitrogen and oxygen atoms in total. The summed E-state index contributed by atoms with van der Waals surface area (Å²) >= 11 is 2.02. The van der Waals surface area contributed by atoms with Gasteiger partial charge < -0.3 is 10.6 Å². The number of hydrogen-bond donors (Lipinski definition) is 2. The van der Waals surface area contributed by atoms with Crippen molar-refractivity contribution in [3.05, 3.63) is 0 Å². The van der Waals surface area contributed by atoms with Crippen LogP contribution in [0.4, 0.5) is 0 Å².